The summed E-state index contributed by atoms with van der Waals surface area (Å²) in [4.78, 5) is 11.4. The van der Waals surface area contributed by atoms with Gasteiger partial charge in [0.2, 0.25) is 5.91 Å². The van der Waals surface area contributed by atoms with Gasteiger partial charge in [-0.15, -0.1) is 0 Å². The van der Waals surface area contributed by atoms with Crippen LogP contribution in [0.3, 0.4) is 0 Å². The van der Waals surface area contributed by atoms with Gasteiger partial charge in [-0.05, 0) is 12.1 Å². The first-order valence-electron chi connectivity index (χ1n) is 5.46. The van der Waals surface area contributed by atoms with Gasteiger partial charge in [0.15, 0.2) is 0 Å². The molecular weight excluding hydrogens is 204 g/mol. The van der Waals surface area contributed by atoms with E-state index in [2.05, 4.69) is 10.6 Å². The van der Waals surface area contributed by atoms with Crippen molar-refractivity contribution in [2.45, 2.75) is 18.6 Å². The number of rotatable bonds is 3. The summed E-state index contributed by atoms with van der Waals surface area (Å²) >= 11 is 0. The minimum absolute atomic E-state index is 0.0270. The number of amides is 1. The van der Waals surface area contributed by atoms with Gasteiger partial charge in [0.05, 0.1) is 6.04 Å². The molecule has 1 aromatic carbocycles. The number of benzene rings is 1. The number of carbonyl (C=O) groups is 1. The molecule has 2 N–H and O–H groups in total. The lowest BCUT2D eigenvalue weighted by atomic mass is 10.2. The Kier molecular flexibility index (Phi) is 3.41. The Balaban J connectivity index is 1.88. The summed E-state index contributed by atoms with van der Waals surface area (Å²) < 4.78 is 5.76. The van der Waals surface area contributed by atoms with E-state index in [0.29, 0.717) is 13.0 Å². The quantitative estimate of drug-likeness (QED) is 0.781. The van der Waals surface area contributed by atoms with Gasteiger partial charge in [-0.1, -0.05) is 18.2 Å². The number of para-hydroxylation sites is 1. The van der Waals surface area contributed by atoms with E-state index in [1.165, 1.54) is 0 Å². The van der Waals surface area contributed by atoms with Crippen molar-refractivity contribution >= 4 is 5.91 Å². The monoisotopic (exact) mass is 220 g/mol. The summed E-state index contributed by atoms with van der Waals surface area (Å²) in [7, 11) is 1.65. The second kappa shape index (κ2) is 4.99. The third-order valence-corrected chi connectivity index (χ3v) is 2.70. The molecule has 16 heavy (non-hydrogen) atoms. The maximum absolute atomic E-state index is 11.4. The van der Waals surface area contributed by atoms with Gasteiger partial charge < -0.3 is 15.4 Å². The minimum Gasteiger partial charge on any atom is -0.489 e. The molecular formula is C12H16N2O2. The Morgan fingerprint density at radius 1 is 1.44 bits per heavy atom. The van der Waals surface area contributed by atoms with Crippen LogP contribution in [0.4, 0.5) is 0 Å². The molecule has 4 heteroatoms. The molecule has 2 atom stereocenters. The van der Waals surface area contributed by atoms with Crippen molar-refractivity contribution in [2.24, 2.45) is 0 Å². The first-order chi connectivity index (χ1) is 7.79. The predicted octanol–water partition coefficient (Wildman–Crippen LogP) is 0.542. The van der Waals surface area contributed by atoms with Gasteiger partial charge in [0.25, 0.3) is 0 Å². The molecule has 1 saturated heterocycles. The topological polar surface area (TPSA) is 50.4 Å². The lowest BCUT2D eigenvalue weighted by Crippen LogP contribution is -2.38. The summed E-state index contributed by atoms with van der Waals surface area (Å²) in [5.41, 5.74) is 0. The van der Waals surface area contributed by atoms with E-state index < -0.39 is 0 Å². The summed E-state index contributed by atoms with van der Waals surface area (Å²) in [6.07, 6.45) is 0.791. The Morgan fingerprint density at radius 2 is 2.19 bits per heavy atom. The molecule has 0 aromatic heterocycles. The molecule has 1 fully saturated rings. The average Bonchev–Trinajstić information content (AvgIpc) is 2.78. The smallest absolute Gasteiger partial charge is 0.237 e. The number of carbonyl (C=O) groups excluding carboxylic acids is 1. The van der Waals surface area contributed by atoms with E-state index in [1.54, 1.807) is 7.05 Å². The molecule has 0 bridgehead atoms. The van der Waals surface area contributed by atoms with Gasteiger partial charge >= 0.3 is 0 Å². The van der Waals surface area contributed by atoms with Crippen LogP contribution in [0.1, 0.15) is 6.42 Å². The van der Waals surface area contributed by atoms with Gasteiger partial charge in [-0.3, -0.25) is 4.79 Å². The van der Waals surface area contributed by atoms with Crippen LogP contribution in [-0.4, -0.2) is 31.6 Å². The van der Waals surface area contributed by atoms with E-state index in [4.69, 9.17) is 4.74 Å². The number of hydrogen-bond donors (Lipinski definition) is 2. The molecule has 86 valence electrons. The molecule has 0 aliphatic carbocycles. The van der Waals surface area contributed by atoms with Crippen LogP contribution in [-0.2, 0) is 4.79 Å². The van der Waals surface area contributed by atoms with E-state index in [-0.39, 0.29) is 18.1 Å². The highest BCUT2D eigenvalue weighted by atomic mass is 16.5. The molecule has 1 aromatic rings. The molecule has 0 unspecified atom stereocenters. The van der Waals surface area contributed by atoms with Crippen molar-refractivity contribution < 1.29 is 9.53 Å². The third-order valence-electron chi connectivity index (χ3n) is 2.70. The Labute approximate surface area is 95.0 Å². The lowest BCUT2D eigenvalue weighted by molar-refractivity contribution is -0.122. The average molecular weight is 220 g/mol. The highest BCUT2D eigenvalue weighted by Crippen LogP contribution is 2.16. The summed E-state index contributed by atoms with van der Waals surface area (Å²) in [6.45, 7) is 0.715. The maximum atomic E-state index is 11.4. The zero-order valence-electron chi connectivity index (χ0n) is 9.27. The predicted molar refractivity (Wildman–Crippen MR) is 61.3 cm³/mol. The standard InChI is InChI=1S/C12H16N2O2/c1-13-12(15)11-7-10(8-14-11)16-9-5-3-2-4-6-9/h2-6,10-11,14H,7-8H2,1H3,(H,13,15)/t10-,11-/m0/s1. The fourth-order valence-electron chi connectivity index (χ4n) is 1.86. The SMILES string of the molecule is CNC(=O)[C@@H]1C[C@H](Oc2ccccc2)CN1. The van der Waals surface area contributed by atoms with Crippen molar-refractivity contribution in [2.75, 3.05) is 13.6 Å². The van der Waals surface area contributed by atoms with Crippen molar-refractivity contribution in [3.05, 3.63) is 30.3 Å². The first kappa shape index (κ1) is 11.0. The molecule has 0 radical (unpaired) electrons. The zero-order chi connectivity index (χ0) is 11.4. The second-order valence-corrected chi connectivity index (χ2v) is 3.86. The van der Waals surface area contributed by atoms with E-state index >= 15 is 0 Å². The molecule has 2 rings (SSSR count). The summed E-state index contributed by atoms with van der Waals surface area (Å²) in [5, 5.41) is 5.77. The van der Waals surface area contributed by atoms with Crippen molar-refractivity contribution in [3.63, 3.8) is 0 Å². The van der Waals surface area contributed by atoms with E-state index in [9.17, 15) is 4.79 Å². The summed E-state index contributed by atoms with van der Waals surface area (Å²) in [5.74, 6) is 0.881. The molecule has 1 heterocycles. The van der Waals surface area contributed by atoms with Crippen LogP contribution in [0.5, 0.6) is 5.75 Å². The van der Waals surface area contributed by atoms with Gasteiger partial charge in [0.1, 0.15) is 11.9 Å². The van der Waals surface area contributed by atoms with Crippen LogP contribution in [0.15, 0.2) is 30.3 Å². The first-order valence-corrected chi connectivity index (χ1v) is 5.46. The Bertz CT molecular complexity index is 353. The number of likely N-dealkylation sites (N-methyl/N-ethyl adjacent to an activating group) is 1. The van der Waals surface area contributed by atoms with Crippen molar-refractivity contribution in [1.29, 1.82) is 0 Å². The van der Waals surface area contributed by atoms with Crippen LogP contribution < -0.4 is 15.4 Å². The molecule has 0 spiro atoms. The molecule has 0 saturated carbocycles. The minimum atomic E-state index is -0.126. The van der Waals surface area contributed by atoms with Crippen LogP contribution in [0.2, 0.25) is 0 Å². The van der Waals surface area contributed by atoms with Crippen LogP contribution in [0, 0.1) is 0 Å². The van der Waals surface area contributed by atoms with Crippen LogP contribution in [0.25, 0.3) is 0 Å². The van der Waals surface area contributed by atoms with Gasteiger partial charge in [-0.25, -0.2) is 0 Å². The molecule has 4 nitrogen and oxygen atoms in total. The fourth-order valence-corrected chi connectivity index (χ4v) is 1.86. The van der Waals surface area contributed by atoms with E-state index in [0.717, 1.165) is 5.75 Å². The van der Waals surface area contributed by atoms with Crippen molar-refractivity contribution in [1.82, 2.24) is 10.6 Å². The molecule has 1 amide bonds. The largest absolute Gasteiger partial charge is 0.489 e. The molecule has 1 aliphatic rings. The van der Waals surface area contributed by atoms with Crippen LogP contribution >= 0.6 is 0 Å². The third kappa shape index (κ3) is 2.52. The number of hydrogen-bond acceptors (Lipinski definition) is 3. The highest BCUT2D eigenvalue weighted by molar-refractivity contribution is 5.81. The zero-order valence-corrected chi connectivity index (χ0v) is 9.27. The van der Waals surface area contributed by atoms with Gasteiger partial charge in [-0.2, -0.15) is 0 Å². The van der Waals surface area contributed by atoms with Gasteiger partial charge in [0, 0.05) is 20.0 Å². The number of nitrogens with one attached hydrogen (secondary N) is 2. The lowest BCUT2D eigenvalue weighted by Gasteiger charge is -2.12. The van der Waals surface area contributed by atoms with Crippen molar-refractivity contribution in [3.8, 4) is 5.75 Å². The number of ether oxygens (including phenoxy) is 1. The van der Waals surface area contributed by atoms with E-state index in [1.807, 2.05) is 30.3 Å². The normalized spacial score (nSPS) is 24.1. The maximum Gasteiger partial charge on any atom is 0.237 e. The molecule has 1 aliphatic heterocycles. The summed E-state index contributed by atoms with van der Waals surface area (Å²) in [6, 6.07) is 9.55. The highest BCUT2D eigenvalue weighted by Gasteiger charge is 2.29. The second-order valence-electron chi connectivity index (χ2n) is 3.86. The Hall–Kier alpha value is -1.55. The fraction of sp³-hybridized carbons (Fsp3) is 0.417. The Morgan fingerprint density at radius 3 is 2.88 bits per heavy atom.